The predicted octanol–water partition coefficient (Wildman–Crippen LogP) is 2.83. The summed E-state index contributed by atoms with van der Waals surface area (Å²) in [6.45, 7) is 7.10. The normalized spacial score (nSPS) is 53.3. The maximum absolute atomic E-state index is 2.38. The minimum atomic E-state index is 0.863. The second-order valence-electron chi connectivity index (χ2n) is 4.30. The molecule has 0 nitrogen and oxygen atoms in total. The van der Waals surface area contributed by atoms with E-state index in [-0.39, 0.29) is 0 Å². The van der Waals surface area contributed by atoms with Crippen LogP contribution in [0.15, 0.2) is 0 Å². The first kappa shape index (κ1) is 5.76. The van der Waals surface area contributed by atoms with Gasteiger partial charge in [0, 0.05) is 0 Å². The minimum absolute atomic E-state index is 0.863. The van der Waals surface area contributed by atoms with Crippen LogP contribution in [0.4, 0.5) is 0 Å². The topological polar surface area (TPSA) is 0 Å². The molecule has 0 bridgehead atoms. The molecule has 2 saturated carbocycles. The lowest BCUT2D eigenvalue weighted by Crippen LogP contribution is -1.95. The van der Waals surface area contributed by atoms with Crippen molar-refractivity contribution in [3.63, 3.8) is 0 Å². The van der Waals surface area contributed by atoms with Crippen LogP contribution in [-0.2, 0) is 0 Å². The standard InChI is InChI=1S/C9H16/c1-4-8-5-9(8,6-8)7(2)3/h7H,4-6H2,1-3H3. The van der Waals surface area contributed by atoms with Gasteiger partial charge in [-0.2, -0.15) is 0 Å². The minimum Gasteiger partial charge on any atom is -0.0648 e. The molecule has 9 heavy (non-hydrogen) atoms. The second-order valence-corrected chi connectivity index (χ2v) is 4.30. The summed E-state index contributed by atoms with van der Waals surface area (Å²) < 4.78 is 0. The highest BCUT2D eigenvalue weighted by molar-refractivity contribution is 5.30. The Morgan fingerprint density at radius 1 is 1.33 bits per heavy atom. The van der Waals surface area contributed by atoms with E-state index < -0.39 is 0 Å². The first-order valence-corrected chi connectivity index (χ1v) is 4.17. The van der Waals surface area contributed by atoms with Crippen LogP contribution in [0.25, 0.3) is 0 Å². The largest absolute Gasteiger partial charge is 0.0648 e. The third-order valence-corrected chi connectivity index (χ3v) is 3.90. The van der Waals surface area contributed by atoms with E-state index in [2.05, 4.69) is 20.8 Å². The van der Waals surface area contributed by atoms with Crippen LogP contribution in [0.3, 0.4) is 0 Å². The Morgan fingerprint density at radius 3 is 2.00 bits per heavy atom. The summed E-state index contributed by atoms with van der Waals surface area (Å²) in [6, 6.07) is 0. The summed E-state index contributed by atoms with van der Waals surface area (Å²) in [7, 11) is 0. The van der Waals surface area contributed by atoms with Gasteiger partial charge < -0.3 is 0 Å². The zero-order valence-electron chi connectivity index (χ0n) is 6.70. The van der Waals surface area contributed by atoms with E-state index in [1.54, 1.807) is 12.8 Å². The zero-order chi connectivity index (χ0) is 6.70. The number of hydrogen-bond acceptors (Lipinski definition) is 0. The van der Waals surface area contributed by atoms with E-state index in [1.807, 2.05) is 0 Å². The van der Waals surface area contributed by atoms with E-state index in [0.717, 1.165) is 16.7 Å². The Labute approximate surface area is 57.6 Å². The lowest BCUT2D eigenvalue weighted by Gasteiger charge is -2.04. The van der Waals surface area contributed by atoms with Crippen LogP contribution < -0.4 is 0 Å². The molecule has 0 spiro atoms. The molecule has 2 aliphatic carbocycles. The fraction of sp³-hybridized carbons (Fsp3) is 1.00. The summed E-state index contributed by atoms with van der Waals surface area (Å²) in [6.07, 6.45) is 4.54. The van der Waals surface area contributed by atoms with Crippen molar-refractivity contribution >= 4 is 0 Å². The lowest BCUT2D eigenvalue weighted by molar-refractivity contribution is 0.456. The second kappa shape index (κ2) is 1.21. The van der Waals surface area contributed by atoms with Crippen LogP contribution in [0, 0.1) is 16.7 Å². The smallest absolute Gasteiger partial charge is 0.0207 e. The summed E-state index contributed by atoms with van der Waals surface area (Å²) in [5.41, 5.74) is 1.74. The first-order valence-electron chi connectivity index (χ1n) is 4.17. The average Bonchev–Trinajstić information content (AvgIpc) is 2.45. The van der Waals surface area contributed by atoms with Crippen LogP contribution in [-0.4, -0.2) is 0 Å². The van der Waals surface area contributed by atoms with Crippen molar-refractivity contribution in [2.45, 2.75) is 40.0 Å². The molecule has 0 aromatic heterocycles. The molecule has 0 aromatic rings. The Hall–Kier alpha value is 0. The van der Waals surface area contributed by atoms with E-state index in [4.69, 9.17) is 0 Å². The van der Waals surface area contributed by atoms with Crippen molar-refractivity contribution in [2.24, 2.45) is 16.7 Å². The van der Waals surface area contributed by atoms with Gasteiger partial charge in [-0.15, -0.1) is 0 Å². The molecular weight excluding hydrogens is 108 g/mol. The third-order valence-electron chi connectivity index (χ3n) is 3.90. The van der Waals surface area contributed by atoms with Gasteiger partial charge in [-0.3, -0.25) is 0 Å². The van der Waals surface area contributed by atoms with Gasteiger partial charge in [-0.1, -0.05) is 20.8 Å². The van der Waals surface area contributed by atoms with E-state index in [9.17, 15) is 0 Å². The van der Waals surface area contributed by atoms with Gasteiger partial charge in [-0.25, -0.2) is 0 Å². The molecule has 0 atom stereocenters. The quantitative estimate of drug-likeness (QED) is 0.531. The molecule has 0 heterocycles. The highest BCUT2D eigenvalue weighted by Crippen LogP contribution is 2.90. The molecule has 0 saturated heterocycles. The molecule has 0 amide bonds. The van der Waals surface area contributed by atoms with Crippen LogP contribution in [0.2, 0.25) is 0 Å². The Balaban J connectivity index is 2.06. The number of fused-ring (bicyclic) bond motifs is 1. The third kappa shape index (κ3) is 0.426. The van der Waals surface area contributed by atoms with Crippen LogP contribution in [0.1, 0.15) is 40.0 Å². The molecule has 0 aromatic carbocycles. The summed E-state index contributed by atoms with van der Waals surface area (Å²) in [5, 5.41) is 0. The summed E-state index contributed by atoms with van der Waals surface area (Å²) >= 11 is 0. The van der Waals surface area contributed by atoms with Crippen molar-refractivity contribution in [1.82, 2.24) is 0 Å². The van der Waals surface area contributed by atoms with Gasteiger partial charge >= 0.3 is 0 Å². The first-order chi connectivity index (χ1) is 4.17. The van der Waals surface area contributed by atoms with Crippen molar-refractivity contribution in [3.05, 3.63) is 0 Å². The van der Waals surface area contributed by atoms with E-state index in [1.165, 1.54) is 6.42 Å². The molecule has 0 N–H and O–H groups in total. The maximum Gasteiger partial charge on any atom is -0.0207 e. The number of hydrogen-bond donors (Lipinski definition) is 0. The summed E-state index contributed by atoms with van der Waals surface area (Å²) in [5.74, 6) is 0.956. The molecule has 2 aliphatic rings. The van der Waals surface area contributed by atoms with Gasteiger partial charge in [0.15, 0.2) is 0 Å². The van der Waals surface area contributed by atoms with Gasteiger partial charge in [0.2, 0.25) is 0 Å². The Kier molecular flexibility index (Phi) is 0.774. The Morgan fingerprint density at radius 2 is 1.89 bits per heavy atom. The SMILES string of the molecule is CCC12CC1(C(C)C)C2. The molecule has 52 valence electrons. The van der Waals surface area contributed by atoms with E-state index in [0.29, 0.717) is 0 Å². The molecule has 0 heteroatoms. The number of rotatable bonds is 2. The van der Waals surface area contributed by atoms with Gasteiger partial charge in [0.05, 0.1) is 0 Å². The fourth-order valence-electron chi connectivity index (χ4n) is 2.69. The van der Waals surface area contributed by atoms with Crippen LogP contribution in [0.5, 0.6) is 0 Å². The van der Waals surface area contributed by atoms with Crippen molar-refractivity contribution in [2.75, 3.05) is 0 Å². The molecule has 0 radical (unpaired) electrons. The van der Waals surface area contributed by atoms with Crippen molar-refractivity contribution in [1.29, 1.82) is 0 Å². The highest BCUT2D eigenvalue weighted by atomic mass is 14.9. The molecular formula is C9H16. The lowest BCUT2D eigenvalue weighted by atomic mass is 10.0. The zero-order valence-corrected chi connectivity index (χ0v) is 6.70. The molecule has 0 unspecified atom stereocenters. The van der Waals surface area contributed by atoms with Gasteiger partial charge in [0.1, 0.15) is 0 Å². The van der Waals surface area contributed by atoms with Gasteiger partial charge in [0.25, 0.3) is 0 Å². The van der Waals surface area contributed by atoms with Crippen molar-refractivity contribution in [3.8, 4) is 0 Å². The van der Waals surface area contributed by atoms with Crippen molar-refractivity contribution < 1.29 is 0 Å². The predicted molar refractivity (Wildman–Crippen MR) is 39.2 cm³/mol. The summed E-state index contributed by atoms with van der Waals surface area (Å²) in [4.78, 5) is 0. The van der Waals surface area contributed by atoms with E-state index >= 15 is 0 Å². The maximum atomic E-state index is 2.38. The van der Waals surface area contributed by atoms with Gasteiger partial charge in [-0.05, 0) is 36.0 Å². The molecule has 2 rings (SSSR count). The van der Waals surface area contributed by atoms with Crippen LogP contribution >= 0.6 is 0 Å². The Bertz CT molecular complexity index is 138. The average molecular weight is 124 g/mol. The molecule has 0 aliphatic heterocycles. The molecule has 2 fully saturated rings. The fourth-order valence-corrected chi connectivity index (χ4v) is 2.69. The highest BCUT2D eigenvalue weighted by Gasteiger charge is 2.81. The monoisotopic (exact) mass is 124 g/mol.